The van der Waals surface area contributed by atoms with Crippen molar-refractivity contribution in [2.24, 2.45) is 11.0 Å². The van der Waals surface area contributed by atoms with Crippen molar-refractivity contribution in [1.29, 1.82) is 0 Å². The van der Waals surface area contributed by atoms with Crippen LogP contribution in [0.2, 0.25) is 0 Å². The standard InChI is InChI=1S/C10H18F3N3/c1-4-5-16-9(10(11,12)13)15(7-14-16)6-8(2)3/h7-9H,4-6H2,1-3H3. The molecule has 1 atom stereocenters. The second kappa shape index (κ2) is 4.93. The van der Waals surface area contributed by atoms with E-state index < -0.39 is 12.3 Å². The molecular weight excluding hydrogens is 219 g/mol. The predicted molar refractivity (Wildman–Crippen MR) is 56.9 cm³/mol. The molecule has 0 saturated carbocycles. The van der Waals surface area contributed by atoms with E-state index in [9.17, 15) is 13.2 Å². The Morgan fingerprint density at radius 3 is 2.44 bits per heavy atom. The Balaban J connectivity index is 2.75. The molecule has 0 aromatic rings. The summed E-state index contributed by atoms with van der Waals surface area (Å²) in [6, 6.07) is 0. The summed E-state index contributed by atoms with van der Waals surface area (Å²) < 4.78 is 38.6. The number of hydrogen-bond acceptors (Lipinski definition) is 3. The van der Waals surface area contributed by atoms with Gasteiger partial charge in [0, 0.05) is 13.1 Å². The molecule has 0 bridgehead atoms. The highest BCUT2D eigenvalue weighted by Crippen LogP contribution is 2.30. The third-order valence-corrected chi connectivity index (χ3v) is 2.27. The van der Waals surface area contributed by atoms with Crippen molar-refractivity contribution in [3.05, 3.63) is 0 Å². The van der Waals surface area contributed by atoms with E-state index in [-0.39, 0.29) is 5.92 Å². The third kappa shape index (κ3) is 3.02. The van der Waals surface area contributed by atoms with Gasteiger partial charge >= 0.3 is 6.18 Å². The molecule has 1 aliphatic rings. The molecule has 3 nitrogen and oxygen atoms in total. The maximum absolute atomic E-state index is 12.9. The lowest BCUT2D eigenvalue weighted by molar-refractivity contribution is -0.208. The quantitative estimate of drug-likeness (QED) is 0.748. The molecule has 0 aromatic carbocycles. The average molecular weight is 237 g/mol. The van der Waals surface area contributed by atoms with Gasteiger partial charge in [-0.1, -0.05) is 20.8 Å². The van der Waals surface area contributed by atoms with Crippen molar-refractivity contribution in [3.63, 3.8) is 0 Å². The van der Waals surface area contributed by atoms with E-state index in [1.807, 2.05) is 20.8 Å². The summed E-state index contributed by atoms with van der Waals surface area (Å²) in [6.07, 6.45) is -3.90. The molecule has 1 unspecified atom stereocenters. The first-order valence-electron chi connectivity index (χ1n) is 5.49. The van der Waals surface area contributed by atoms with Crippen LogP contribution in [0.5, 0.6) is 0 Å². The predicted octanol–water partition coefficient (Wildman–Crippen LogP) is 2.50. The fraction of sp³-hybridized carbons (Fsp3) is 0.900. The minimum atomic E-state index is -4.26. The Morgan fingerprint density at radius 1 is 1.38 bits per heavy atom. The van der Waals surface area contributed by atoms with Gasteiger partial charge < -0.3 is 4.90 Å². The Kier molecular flexibility index (Phi) is 4.04. The molecule has 6 heteroatoms. The highest BCUT2D eigenvalue weighted by atomic mass is 19.4. The number of rotatable bonds is 4. The number of nitrogens with zero attached hydrogens (tertiary/aromatic N) is 3. The van der Waals surface area contributed by atoms with E-state index in [1.54, 1.807) is 0 Å². The minimum Gasteiger partial charge on any atom is -0.332 e. The molecule has 0 N–H and O–H groups in total. The van der Waals surface area contributed by atoms with Crippen LogP contribution in [0.15, 0.2) is 5.10 Å². The molecular formula is C10H18F3N3. The lowest BCUT2D eigenvalue weighted by Crippen LogP contribution is -2.51. The first-order valence-corrected chi connectivity index (χ1v) is 5.49. The van der Waals surface area contributed by atoms with E-state index >= 15 is 0 Å². The Hall–Kier alpha value is -0.940. The van der Waals surface area contributed by atoms with Gasteiger partial charge in [-0.3, -0.25) is 5.01 Å². The van der Waals surface area contributed by atoms with Crippen LogP contribution in [0.4, 0.5) is 13.2 Å². The normalized spacial score (nSPS) is 21.3. The van der Waals surface area contributed by atoms with E-state index in [4.69, 9.17) is 0 Å². The van der Waals surface area contributed by atoms with Crippen molar-refractivity contribution in [2.75, 3.05) is 13.1 Å². The van der Waals surface area contributed by atoms with E-state index in [0.29, 0.717) is 19.5 Å². The van der Waals surface area contributed by atoms with Gasteiger partial charge in [-0.05, 0) is 12.3 Å². The monoisotopic (exact) mass is 237 g/mol. The molecule has 0 saturated heterocycles. The Morgan fingerprint density at radius 2 is 2.00 bits per heavy atom. The number of halogens is 3. The lowest BCUT2D eigenvalue weighted by Gasteiger charge is -2.32. The number of hydrazone groups is 1. The molecule has 94 valence electrons. The molecule has 1 heterocycles. The Labute approximate surface area is 93.9 Å². The van der Waals surface area contributed by atoms with Gasteiger partial charge in [0.25, 0.3) is 0 Å². The first kappa shape index (κ1) is 13.1. The van der Waals surface area contributed by atoms with Crippen LogP contribution in [0.1, 0.15) is 27.2 Å². The highest BCUT2D eigenvalue weighted by Gasteiger charge is 2.49. The average Bonchev–Trinajstić information content (AvgIpc) is 2.46. The molecule has 0 fully saturated rings. The van der Waals surface area contributed by atoms with Gasteiger partial charge in [-0.2, -0.15) is 18.3 Å². The lowest BCUT2D eigenvalue weighted by atomic mass is 10.2. The van der Waals surface area contributed by atoms with Crippen LogP contribution < -0.4 is 0 Å². The molecule has 16 heavy (non-hydrogen) atoms. The van der Waals surface area contributed by atoms with Crippen molar-refractivity contribution in [2.45, 2.75) is 39.5 Å². The topological polar surface area (TPSA) is 18.8 Å². The van der Waals surface area contributed by atoms with Crippen LogP contribution in [-0.4, -0.2) is 41.7 Å². The molecule has 0 radical (unpaired) electrons. The zero-order valence-electron chi connectivity index (χ0n) is 9.83. The molecule has 0 aromatic heterocycles. The zero-order valence-corrected chi connectivity index (χ0v) is 9.83. The number of alkyl halides is 3. The summed E-state index contributed by atoms with van der Waals surface area (Å²) in [7, 11) is 0. The fourth-order valence-corrected chi connectivity index (χ4v) is 1.76. The molecule has 0 aliphatic carbocycles. The smallest absolute Gasteiger partial charge is 0.332 e. The van der Waals surface area contributed by atoms with Crippen LogP contribution in [0.25, 0.3) is 0 Å². The number of hydrogen-bond donors (Lipinski definition) is 0. The van der Waals surface area contributed by atoms with Crippen molar-refractivity contribution >= 4 is 6.34 Å². The SMILES string of the molecule is CCCN1N=CN(CC(C)C)C1C(F)(F)F. The van der Waals surface area contributed by atoms with Crippen LogP contribution in [-0.2, 0) is 0 Å². The van der Waals surface area contributed by atoms with Gasteiger partial charge in [0.05, 0.1) is 0 Å². The maximum atomic E-state index is 12.9. The van der Waals surface area contributed by atoms with Gasteiger partial charge in [0.1, 0.15) is 6.34 Å². The summed E-state index contributed by atoms with van der Waals surface area (Å²) in [5.41, 5.74) is 0. The van der Waals surface area contributed by atoms with E-state index in [0.717, 1.165) is 5.01 Å². The zero-order chi connectivity index (χ0) is 12.3. The molecule has 1 aliphatic heterocycles. The van der Waals surface area contributed by atoms with Gasteiger partial charge in [0.2, 0.25) is 6.17 Å². The molecule has 0 spiro atoms. The van der Waals surface area contributed by atoms with E-state index in [2.05, 4.69) is 5.10 Å². The van der Waals surface area contributed by atoms with Crippen molar-refractivity contribution < 1.29 is 13.2 Å². The van der Waals surface area contributed by atoms with Gasteiger partial charge in [-0.15, -0.1) is 0 Å². The van der Waals surface area contributed by atoms with Crippen LogP contribution in [0, 0.1) is 5.92 Å². The fourth-order valence-electron chi connectivity index (χ4n) is 1.76. The van der Waals surface area contributed by atoms with Gasteiger partial charge in [-0.25, -0.2) is 0 Å². The summed E-state index contributed by atoms with van der Waals surface area (Å²) in [4.78, 5) is 1.26. The summed E-state index contributed by atoms with van der Waals surface area (Å²) >= 11 is 0. The highest BCUT2D eigenvalue weighted by molar-refractivity contribution is 5.57. The second-order valence-electron chi connectivity index (χ2n) is 4.40. The Bertz CT molecular complexity index is 250. The third-order valence-electron chi connectivity index (χ3n) is 2.27. The van der Waals surface area contributed by atoms with Gasteiger partial charge in [0.15, 0.2) is 0 Å². The second-order valence-corrected chi connectivity index (χ2v) is 4.40. The van der Waals surface area contributed by atoms with Crippen LogP contribution >= 0.6 is 0 Å². The van der Waals surface area contributed by atoms with Crippen molar-refractivity contribution in [1.82, 2.24) is 9.91 Å². The maximum Gasteiger partial charge on any atom is 0.429 e. The largest absolute Gasteiger partial charge is 0.429 e. The summed E-state index contributed by atoms with van der Waals surface area (Å²) in [5, 5.41) is 4.94. The van der Waals surface area contributed by atoms with E-state index in [1.165, 1.54) is 11.2 Å². The van der Waals surface area contributed by atoms with Crippen LogP contribution in [0.3, 0.4) is 0 Å². The molecule has 0 amide bonds. The molecule has 1 rings (SSSR count). The first-order chi connectivity index (χ1) is 7.36. The van der Waals surface area contributed by atoms with Crippen molar-refractivity contribution in [3.8, 4) is 0 Å². The minimum absolute atomic E-state index is 0.179. The summed E-state index contributed by atoms with van der Waals surface area (Å²) in [5.74, 6) is 0.179. The summed E-state index contributed by atoms with van der Waals surface area (Å²) in [6.45, 7) is 6.32.